The summed E-state index contributed by atoms with van der Waals surface area (Å²) < 4.78 is 85.3. The van der Waals surface area contributed by atoms with Crippen molar-refractivity contribution in [1.29, 1.82) is 0 Å². The largest absolute Gasteiger partial charge is 0.487 e. The van der Waals surface area contributed by atoms with Gasteiger partial charge in [0.1, 0.15) is 18.0 Å². The number of rotatable bonds is 8. The number of halogens is 6. The van der Waals surface area contributed by atoms with Crippen molar-refractivity contribution >= 4 is 17.0 Å². The minimum Gasteiger partial charge on any atom is -0.487 e. The van der Waals surface area contributed by atoms with Crippen LogP contribution in [-0.4, -0.2) is 27.2 Å². The van der Waals surface area contributed by atoms with Crippen molar-refractivity contribution in [3.63, 3.8) is 0 Å². The molecule has 33 heavy (non-hydrogen) atoms. The van der Waals surface area contributed by atoms with E-state index in [1.54, 1.807) is 23.7 Å². The summed E-state index contributed by atoms with van der Waals surface area (Å²) in [6.07, 6.45) is -8.58. The second-order valence-corrected chi connectivity index (χ2v) is 7.30. The maximum absolute atomic E-state index is 13.0. The number of carboxylic acids is 1. The van der Waals surface area contributed by atoms with Crippen LogP contribution in [0.5, 0.6) is 5.75 Å². The number of nitrogens with one attached hydrogen (secondary N) is 1. The summed E-state index contributed by atoms with van der Waals surface area (Å²) in [6.45, 7) is 0.132. The number of benzene rings is 1. The number of fused-ring (bicyclic) bond motifs is 1. The molecule has 0 aliphatic heterocycles. The van der Waals surface area contributed by atoms with Gasteiger partial charge in [0, 0.05) is 31.2 Å². The Kier molecular flexibility index (Phi) is 6.86. The van der Waals surface area contributed by atoms with E-state index in [9.17, 15) is 31.1 Å². The summed E-state index contributed by atoms with van der Waals surface area (Å²) in [6, 6.07) is 4.64. The molecule has 2 N–H and O–H groups in total. The highest BCUT2D eigenvalue weighted by Crippen LogP contribution is 2.36. The minimum atomic E-state index is -4.94. The quantitative estimate of drug-likeness (QED) is 0.363. The maximum atomic E-state index is 13.0. The van der Waals surface area contributed by atoms with Gasteiger partial charge in [-0.15, -0.1) is 0 Å². The van der Waals surface area contributed by atoms with Gasteiger partial charge >= 0.3 is 18.3 Å². The molecule has 178 valence electrons. The molecular weight excluding hydrogens is 456 g/mol. The molecule has 3 aromatic rings. The summed E-state index contributed by atoms with van der Waals surface area (Å²) in [5.74, 6) is -0.754. The van der Waals surface area contributed by atoms with Crippen LogP contribution in [-0.2, 0) is 37.3 Å². The molecule has 0 amide bonds. The van der Waals surface area contributed by atoms with Crippen molar-refractivity contribution in [2.24, 2.45) is 7.05 Å². The zero-order valence-electron chi connectivity index (χ0n) is 17.2. The van der Waals surface area contributed by atoms with Gasteiger partial charge in [0.2, 0.25) is 0 Å². The Hall–Kier alpha value is -3.28. The van der Waals surface area contributed by atoms with E-state index >= 15 is 0 Å². The smallest absolute Gasteiger partial charge is 0.416 e. The molecule has 2 heterocycles. The third kappa shape index (κ3) is 6.15. The molecule has 2 aromatic heterocycles. The number of pyridine rings is 1. The lowest BCUT2D eigenvalue weighted by Crippen LogP contribution is -2.19. The third-order valence-corrected chi connectivity index (χ3v) is 4.82. The lowest BCUT2D eigenvalue weighted by molar-refractivity contribution is -0.143. The van der Waals surface area contributed by atoms with Crippen molar-refractivity contribution in [3.8, 4) is 5.75 Å². The monoisotopic (exact) mass is 475 g/mol. The number of hydrogen-bond donors (Lipinski definition) is 2. The first-order valence-electron chi connectivity index (χ1n) is 9.62. The fourth-order valence-electron chi connectivity index (χ4n) is 3.18. The number of nitrogens with zero attached hydrogens (tertiary/aromatic N) is 2. The number of carbonyl (C=O) groups is 1. The van der Waals surface area contributed by atoms with Crippen LogP contribution >= 0.6 is 0 Å². The lowest BCUT2D eigenvalue weighted by atomic mass is 10.1. The predicted octanol–water partition coefficient (Wildman–Crippen LogP) is 4.75. The molecule has 1 aromatic carbocycles. The minimum absolute atomic E-state index is 0.0359. The lowest BCUT2D eigenvalue weighted by Gasteiger charge is -2.14. The summed E-state index contributed by atoms with van der Waals surface area (Å²) >= 11 is 0. The van der Waals surface area contributed by atoms with Crippen molar-refractivity contribution < 1.29 is 41.0 Å². The van der Waals surface area contributed by atoms with E-state index in [0.29, 0.717) is 29.7 Å². The molecule has 0 atom stereocenters. The average Bonchev–Trinajstić information content (AvgIpc) is 3.03. The number of aryl methyl sites for hydroxylation is 1. The fourth-order valence-corrected chi connectivity index (χ4v) is 3.18. The summed E-state index contributed by atoms with van der Waals surface area (Å²) in [5.41, 5.74) is -1.72. The van der Waals surface area contributed by atoms with Crippen LogP contribution in [0.2, 0.25) is 0 Å². The van der Waals surface area contributed by atoms with Crippen molar-refractivity contribution in [2.75, 3.05) is 6.54 Å². The molecule has 0 spiro atoms. The van der Waals surface area contributed by atoms with Crippen molar-refractivity contribution in [3.05, 3.63) is 58.9 Å². The molecule has 0 aliphatic carbocycles. The van der Waals surface area contributed by atoms with Gasteiger partial charge in [-0.05, 0) is 35.9 Å². The van der Waals surface area contributed by atoms with Crippen LogP contribution in [0.3, 0.4) is 0 Å². The summed E-state index contributed by atoms with van der Waals surface area (Å²) in [5, 5.41) is 12.3. The van der Waals surface area contributed by atoms with E-state index in [0.717, 1.165) is 5.69 Å². The molecule has 0 unspecified atom stereocenters. The molecule has 0 radical (unpaired) electrons. The second kappa shape index (κ2) is 9.30. The van der Waals surface area contributed by atoms with E-state index in [2.05, 4.69) is 10.3 Å². The van der Waals surface area contributed by atoms with E-state index in [1.165, 1.54) is 6.20 Å². The normalized spacial score (nSPS) is 12.3. The molecule has 0 bridgehead atoms. The Balaban J connectivity index is 1.77. The molecule has 0 aliphatic rings. The van der Waals surface area contributed by atoms with Crippen LogP contribution in [0.15, 0.2) is 36.5 Å². The first kappa shape index (κ1) is 24.4. The number of alkyl halides is 6. The number of aliphatic carboxylic acids is 1. The Labute approximate surface area is 183 Å². The van der Waals surface area contributed by atoms with E-state index in [4.69, 9.17) is 9.84 Å². The number of hydrogen-bond acceptors (Lipinski definition) is 4. The zero-order chi connectivity index (χ0) is 24.4. The van der Waals surface area contributed by atoms with Crippen molar-refractivity contribution in [1.82, 2.24) is 14.9 Å². The Morgan fingerprint density at radius 3 is 2.27 bits per heavy atom. The first-order chi connectivity index (χ1) is 15.3. The zero-order valence-corrected chi connectivity index (χ0v) is 17.2. The number of aromatic nitrogens is 2. The number of ether oxygens (including phenoxy) is 1. The van der Waals surface area contributed by atoms with Gasteiger partial charge in [-0.25, -0.2) is 4.98 Å². The number of carboxylic acid groups (broad SMARTS) is 1. The van der Waals surface area contributed by atoms with Gasteiger partial charge < -0.3 is 19.7 Å². The average molecular weight is 475 g/mol. The van der Waals surface area contributed by atoms with E-state index in [1.807, 2.05) is 0 Å². The molecule has 6 nitrogen and oxygen atoms in total. The summed E-state index contributed by atoms with van der Waals surface area (Å²) in [7, 11) is 1.76. The Morgan fingerprint density at radius 1 is 1.06 bits per heavy atom. The van der Waals surface area contributed by atoms with Crippen LogP contribution in [0.25, 0.3) is 11.0 Å². The predicted molar refractivity (Wildman–Crippen MR) is 105 cm³/mol. The third-order valence-electron chi connectivity index (χ3n) is 4.82. The van der Waals surface area contributed by atoms with Crippen molar-refractivity contribution in [2.45, 2.75) is 31.9 Å². The maximum Gasteiger partial charge on any atom is 0.416 e. The molecule has 12 heteroatoms. The highest BCUT2D eigenvalue weighted by molar-refractivity contribution is 5.78. The van der Waals surface area contributed by atoms with Gasteiger partial charge in [0.25, 0.3) is 0 Å². The van der Waals surface area contributed by atoms with Gasteiger partial charge in [-0.2, -0.15) is 26.3 Å². The van der Waals surface area contributed by atoms with E-state index < -0.39 is 36.1 Å². The molecule has 0 saturated carbocycles. The molecule has 3 rings (SSSR count). The fraction of sp³-hybridized carbons (Fsp3) is 0.333. The van der Waals surface area contributed by atoms with Gasteiger partial charge in [0.05, 0.1) is 23.7 Å². The second-order valence-electron chi connectivity index (χ2n) is 7.30. The van der Waals surface area contributed by atoms with Gasteiger partial charge in [-0.1, -0.05) is 0 Å². The van der Waals surface area contributed by atoms with Crippen LogP contribution in [0, 0.1) is 0 Å². The highest BCUT2D eigenvalue weighted by atomic mass is 19.4. The highest BCUT2D eigenvalue weighted by Gasteiger charge is 2.36. The van der Waals surface area contributed by atoms with Gasteiger partial charge in [-0.3, -0.25) is 4.79 Å². The summed E-state index contributed by atoms with van der Waals surface area (Å²) in [4.78, 5) is 14.8. The van der Waals surface area contributed by atoms with Crippen LogP contribution in [0.1, 0.15) is 28.8 Å². The Morgan fingerprint density at radius 2 is 1.70 bits per heavy atom. The first-order valence-corrected chi connectivity index (χ1v) is 9.62. The molecule has 0 saturated heterocycles. The van der Waals surface area contributed by atoms with Crippen LogP contribution < -0.4 is 10.1 Å². The van der Waals surface area contributed by atoms with E-state index in [-0.39, 0.29) is 30.3 Å². The standard InChI is InChI=1S/C21H19F6N3O3/c1-30-16(9-28-3-2-18(31)32)6-13-7-17(10-29-19(13)30)33-11-12-4-14(20(22,23)24)8-15(5-12)21(25,26)27/h4-8,10,28H,2-3,9,11H2,1H3,(H,31,32). The van der Waals surface area contributed by atoms with Crippen LogP contribution in [0.4, 0.5) is 26.3 Å². The SMILES string of the molecule is Cn1c(CNCCC(=O)O)cc2cc(OCc3cc(C(F)(F)F)cc(C(F)(F)F)c3)cnc21. The Bertz CT molecular complexity index is 1120. The molecule has 0 fully saturated rings. The molecular formula is C21H19F6N3O3. The topological polar surface area (TPSA) is 76.4 Å². The van der Waals surface area contributed by atoms with Gasteiger partial charge in [0.15, 0.2) is 0 Å².